The molecule has 2 saturated heterocycles. The van der Waals surface area contributed by atoms with Crippen molar-refractivity contribution in [2.24, 2.45) is 29.4 Å². The molecule has 6 unspecified atom stereocenters. The van der Waals surface area contributed by atoms with E-state index >= 15 is 4.79 Å². The number of anilines is 1. The molecule has 1 saturated carbocycles. The Labute approximate surface area is 251 Å². The summed E-state index contributed by atoms with van der Waals surface area (Å²) < 4.78 is 0. The molecule has 10 heteroatoms. The molecule has 0 bridgehead atoms. The standard InChI is InChI=1S/C33H26ClN3O6/c34-18-9-6-10-19(15-18)36-29(40)24-16-23-20(13-14-22-26(23)30(41)37(28(22)39)32(35)43)27(21-11-4-5-12-25(21)38)33(24,31(36)42)17-7-2-1-3-8-17/h1-13,15,22-24,26-27,38H,14,16H2,(H2,35,43). The van der Waals surface area contributed by atoms with Gasteiger partial charge in [0.2, 0.25) is 23.6 Å². The van der Waals surface area contributed by atoms with Gasteiger partial charge in [-0.15, -0.1) is 0 Å². The zero-order valence-corrected chi connectivity index (χ0v) is 23.5. The lowest BCUT2D eigenvalue weighted by atomic mass is 9.49. The van der Waals surface area contributed by atoms with Gasteiger partial charge in [-0.3, -0.25) is 19.2 Å². The van der Waals surface area contributed by atoms with Gasteiger partial charge in [-0.2, -0.15) is 4.90 Å². The maximum absolute atomic E-state index is 15.0. The number of aromatic hydroxyl groups is 1. The van der Waals surface area contributed by atoms with Crippen LogP contribution in [0.15, 0.2) is 90.5 Å². The van der Waals surface area contributed by atoms with Crippen LogP contribution in [0.5, 0.6) is 5.75 Å². The van der Waals surface area contributed by atoms with Gasteiger partial charge in [0.1, 0.15) is 5.75 Å². The van der Waals surface area contributed by atoms with Crippen LogP contribution in [0.1, 0.15) is 29.9 Å². The highest BCUT2D eigenvalue weighted by Gasteiger charge is 2.70. The molecule has 2 aliphatic heterocycles. The lowest BCUT2D eigenvalue weighted by Crippen LogP contribution is -2.53. The topological polar surface area (TPSA) is 138 Å². The SMILES string of the molecule is NC(=O)N1C(=O)C2CC=C3C(CC4C(=O)N(c5cccc(Cl)c5)C(=O)C4(c4ccccc4)C3c3ccccc3O)C2C1=O. The third-order valence-electron chi connectivity index (χ3n) is 9.64. The summed E-state index contributed by atoms with van der Waals surface area (Å²) in [4.78, 5) is 70.1. The van der Waals surface area contributed by atoms with Gasteiger partial charge >= 0.3 is 6.03 Å². The molecular weight excluding hydrogens is 570 g/mol. The quantitative estimate of drug-likeness (QED) is 0.342. The van der Waals surface area contributed by atoms with Crippen LogP contribution in [0.3, 0.4) is 0 Å². The second kappa shape index (κ2) is 9.64. The molecule has 7 rings (SSSR count). The molecule has 0 radical (unpaired) electrons. The molecule has 3 N–H and O–H groups in total. The molecule has 43 heavy (non-hydrogen) atoms. The maximum atomic E-state index is 15.0. The summed E-state index contributed by atoms with van der Waals surface area (Å²) in [5.74, 6) is -6.65. The molecule has 216 valence electrons. The van der Waals surface area contributed by atoms with Crippen molar-refractivity contribution in [3.05, 3.63) is 107 Å². The number of urea groups is 1. The molecule has 3 aromatic rings. The molecule has 2 heterocycles. The number of hydrogen-bond acceptors (Lipinski definition) is 6. The maximum Gasteiger partial charge on any atom is 0.328 e. The van der Waals surface area contributed by atoms with Crippen molar-refractivity contribution in [3.8, 4) is 5.75 Å². The first-order valence-corrected chi connectivity index (χ1v) is 14.4. The minimum Gasteiger partial charge on any atom is -0.508 e. The van der Waals surface area contributed by atoms with Crippen LogP contribution >= 0.6 is 11.6 Å². The van der Waals surface area contributed by atoms with E-state index in [2.05, 4.69) is 0 Å². The molecule has 0 spiro atoms. The van der Waals surface area contributed by atoms with Crippen molar-refractivity contribution < 1.29 is 29.1 Å². The normalized spacial score (nSPS) is 29.7. The fourth-order valence-electron chi connectivity index (χ4n) is 8.04. The average Bonchev–Trinajstić information content (AvgIpc) is 3.39. The van der Waals surface area contributed by atoms with E-state index in [4.69, 9.17) is 17.3 Å². The first-order chi connectivity index (χ1) is 20.7. The Kier molecular flexibility index (Phi) is 6.07. The largest absolute Gasteiger partial charge is 0.508 e. The average molecular weight is 596 g/mol. The second-order valence-electron chi connectivity index (χ2n) is 11.5. The Morgan fingerprint density at radius 2 is 1.60 bits per heavy atom. The summed E-state index contributed by atoms with van der Waals surface area (Å²) in [6, 6.07) is 21.0. The number of rotatable bonds is 3. The minimum absolute atomic E-state index is 0.0687. The number of para-hydroxylation sites is 1. The molecule has 4 aliphatic rings. The van der Waals surface area contributed by atoms with Crippen molar-refractivity contribution in [2.75, 3.05) is 4.90 Å². The molecule has 9 nitrogen and oxygen atoms in total. The summed E-state index contributed by atoms with van der Waals surface area (Å²) >= 11 is 6.29. The van der Waals surface area contributed by atoms with Crippen LogP contribution in [-0.2, 0) is 24.6 Å². The number of likely N-dealkylation sites (tertiary alicyclic amines) is 1. The van der Waals surface area contributed by atoms with Gasteiger partial charge in [0, 0.05) is 16.5 Å². The van der Waals surface area contributed by atoms with Gasteiger partial charge in [-0.25, -0.2) is 9.69 Å². The van der Waals surface area contributed by atoms with Crippen molar-refractivity contribution in [2.45, 2.75) is 24.2 Å². The van der Waals surface area contributed by atoms with Crippen LogP contribution in [0.25, 0.3) is 0 Å². The van der Waals surface area contributed by atoms with E-state index in [0.29, 0.717) is 32.3 Å². The van der Waals surface area contributed by atoms with Crippen LogP contribution in [-0.4, -0.2) is 39.7 Å². The number of carbonyl (C=O) groups is 5. The molecule has 3 fully saturated rings. The summed E-state index contributed by atoms with van der Waals surface area (Å²) in [7, 11) is 0. The summed E-state index contributed by atoms with van der Waals surface area (Å²) in [6.45, 7) is 0. The third-order valence-corrected chi connectivity index (χ3v) is 9.87. The predicted molar refractivity (Wildman–Crippen MR) is 156 cm³/mol. The van der Waals surface area contributed by atoms with E-state index in [9.17, 15) is 24.3 Å². The number of fused-ring (bicyclic) bond motifs is 4. The first kappa shape index (κ1) is 27.1. The predicted octanol–water partition coefficient (Wildman–Crippen LogP) is 4.29. The van der Waals surface area contributed by atoms with Gasteiger partial charge in [0.15, 0.2) is 0 Å². The van der Waals surface area contributed by atoms with Gasteiger partial charge in [-0.1, -0.05) is 77.8 Å². The lowest BCUT2D eigenvalue weighted by molar-refractivity contribution is -0.136. The van der Waals surface area contributed by atoms with Crippen molar-refractivity contribution in [3.63, 3.8) is 0 Å². The molecule has 0 aromatic heterocycles. The highest BCUT2D eigenvalue weighted by molar-refractivity contribution is 6.32. The number of imide groups is 4. The summed E-state index contributed by atoms with van der Waals surface area (Å²) in [5, 5.41) is 11.6. The van der Waals surface area contributed by atoms with Crippen LogP contribution < -0.4 is 10.6 Å². The lowest BCUT2D eigenvalue weighted by Gasteiger charge is -2.50. The Morgan fingerprint density at radius 3 is 2.30 bits per heavy atom. The number of phenolic OH excluding ortho intramolecular Hbond substituents is 1. The molecular formula is C33H26ClN3O6. The van der Waals surface area contributed by atoms with E-state index < -0.39 is 64.7 Å². The Hall–Kier alpha value is -4.76. The fourth-order valence-corrected chi connectivity index (χ4v) is 8.22. The van der Waals surface area contributed by atoms with E-state index in [1.807, 2.05) is 12.1 Å². The zero-order chi connectivity index (χ0) is 30.2. The number of hydrogen-bond donors (Lipinski definition) is 2. The molecule has 6 amide bonds. The number of nitrogens with zero attached hydrogens (tertiary/aromatic N) is 2. The Bertz CT molecular complexity index is 1770. The number of allylic oxidation sites excluding steroid dienone is 2. The number of halogens is 1. The Balaban J connectivity index is 1.51. The second-order valence-corrected chi connectivity index (χ2v) is 11.9. The third kappa shape index (κ3) is 3.61. The fraction of sp³-hybridized carbons (Fsp3) is 0.242. The minimum atomic E-state index is -1.50. The van der Waals surface area contributed by atoms with Crippen LogP contribution in [0, 0.1) is 23.7 Å². The highest BCUT2D eigenvalue weighted by Crippen LogP contribution is 2.65. The number of primary amides is 1. The molecule has 2 aliphatic carbocycles. The van der Waals surface area contributed by atoms with E-state index in [1.54, 1.807) is 66.7 Å². The highest BCUT2D eigenvalue weighted by atomic mass is 35.5. The number of nitrogens with two attached hydrogens (primary N) is 1. The molecule has 3 aromatic carbocycles. The monoisotopic (exact) mass is 595 g/mol. The smallest absolute Gasteiger partial charge is 0.328 e. The van der Waals surface area contributed by atoms with Crippen molar-refractivity contribution in [1.29, 1.82) is 0 Å². The molecule has 6 atom stereocenters. The first-order valence-electron chi connectivity index (χ1n) is 14.0. The van der Waals surface area contributed by atoms with E-state index in [-0.39, 0.29) is 18.6 Å². The van der Waals surface area contributed by atoms with E-state index in [0.717, 1.165) is 4.90 Å². The number of benzene rings is 3. The van der Waals surface area contributed by atoms with Crippen LogP contribution in [0.4, 0.5) is 10.5 Å². The summed E-state index contributed by atoms with van der Waals surface area (Å²) in [6.07, 6.45) is 2.06. The number of phenols is 1. The zero-order valence-electron chi connectivity index (χ0n) is 22.7. The van der Waals surface area contributed by atoms with Gasteiger partial charge in [0.05, 0.1) is 28.9 Å². The van der Waals surface area contributed by atoms with Gasteiger partial charge < -0.3 is 10.8 Å². The van der Waals surface area contributed by atoms with Crippen molar-refractivity contribution in [1.82, 2.24) is 4.90 Å². The Morgan fingerprint density at radius 1 is 0.884 bits per heavy atom. The number of amides is 6. The number of carbonyl (C=O) groups excluding carboxylic acids is 5. The summed E-state index contributed by atoms with van der Waals surface area (Å²) in [5.41, 5.74) is 5.93. The van der Waals surface area contributed by atoms with Crippen LogP contribution in [0.2, 0.25) is 5.02 Å². The van der Waals surface area contributed by atoms with Gasteiger partial charge in [-0.05, 0) is 48.6 Å². The van der Waals surface area contributed by atoms with Crippen molar-refractivity contribution >= 4 is 46.9 Å². The van der Waals surface area contributed by atoms with E-state index in [1.165, 1.54) is 6.07 Å². The van der Waals surface area contributed by atoms with Gasteiger partial charge in [0.25, 0.3) is 0 Å².